The van der Waals surface area contributed by atoms with Crippen LogP contribution in [0.3, 0.4) is 0 Å². The molecule has 1 aromatic rings. The molecule has 0 amide bonds. The van der Waals surface area contributed by atoms with Gasteiger partial charge in [-0.15, -0.1) is 11.8 Å². The van der Waals surface area contributed by atoms with E-state index in [-0.39, 0.29) is 10.4 Å². The first-order chi connectivity index (χ1) is 7.70. The highest BCUT2D eigenvalue weighted by molar-refractivity contribution is 8.00. The molecular weight excluding hydrogens is 238 g/mol. The number of rotatable bonds is 3. The second kappa shape index (κ2) is 5.06. The van der Waals surface area contributed by atoms with E-state index in [1.54, 1.807) is 19.1 Å². The zero-order chi connectivity index (χ0) is 13.2. The van der Waals surface area contributed by atoms with E-state index in [4.69, 9.17) is 0 Å². The minimum absolute atomic E-state index is 0.0586. The van der Waals surface area contributed by atoms with Crippen molar-refractivity contribution in [1.82, 2.24) is 0 Å². The van der Waals surface area contributed by atoms with E-state index < -0.39 is 11.0 Å². The Labute approximate surface area is 105 Å². The first-order valence-electron chi connectivity index (χ1n) is 5.36. The Bertz CT molecular complexity index is 424. The van der Waals surface area contributed by atoms with Gasteiger partial charge in [-0.05, 0) is 18.6 Å². The van der Waals surface area contributed by atoms with Crippen molar-refractivity contribution in [1.29, 1.82) is 0 Å². The van der Waals surface area contributed by atoms with Crippen LogP contribution in [0.5, 0.6) is 0 Å². The molecule has 0 radical (unpaired) electrons. The molecule has 17 heavy (non-hydrogen) atoms. The van der Waals surface area contributed by atoms with Crippen LogP contribution in [0.15, 0.2) is 23.1 Å². The van der Waals surface area contributed by atoms with Gasteiger partial charge in [-0.1, -0.05) is 26.8 Å². The summed E-state index contributed by atoms with van der Waals surface area (Å²) in [6.45, 7) is 7.60. The minimum atomic E-state index is -0.692. The largest absolute Gasteiger partial charge is 0.389 e. The summed E-state index contributed by atoms with van der Waals surface area (Å²) >= 11 is 1.45. The number of thioether (sulfide) groups is 1. The van der Waals surface area contributed by atoms with Gasteiger partial charge in [-0.2, -0.15) is 0 Å². The van der Waals surface area contributed by atoms with Crippen molar-refractivity contribution in [2.45, 2.75) is 43.4 Å². The molecule has 5 heteroatoms. The fraction of sp³-hybridized carbons (Fsp3) is 0.500. The van der Waals surface area contributed by atoms with Gasteiger partial charge in [0.1, 0.15) is 0 Å². The lowest BCUT2D eigenvalue weighted by Crippen LogP contribution is -2.08. The normalized spacial score (nSPS) is 13.5. The van der Waals surface area contributed by atoms with E-state index in [9.17, 15) is 15.2 Å². The fourth-order valence-electron chi connectivity index (χ4n) is 1.35. The van der Waals surface area contributed by atoms with Crippen LogP contribution in [-0.2, 0) is 0 Å². The van der Waals surface area contributed by atoms with Gasteiger partial charge in [0.05, 0.1) is 15.9 Å². The highest BCUT2D eigenvalue weighted by Crippen LogP contribution is 2.38. The smallest absolute Gasteiger partial charge is 0.283 e. The summed E-state index contributed by atoms with van der Waals surface area (Å²) in [5.74, 6) is 0. The summed E-state index contributed by atoms with van der Waals surface area (Å²) in [4.78, 5) is 11.2. The molecule has 0 heterocycles. The molecule has 1 aromatic carbocycles. The van der Waals surface area contributed by atoms with Crippen molar-refractivity contribution < 1.29 is 10.0 Å². The predicted octanol–water partition coefficient (Wildman–Crippen LogP) is 3.54. The monoisotopic (exact) mass is 255 g/mol. The van der Waals surface area contributed by atoms with Gasteiger partial charge in [-0.25, -0.2) is 0 Å². The van der Waals surface area contributed by atoms with Gasteiger partial charge in [0.15, 0.2) is 0 Å². The van der Waals surface area contributed by atoms with Crippen LogP contribution in [0.25, 0.3) is 0 Å². The van der Waals surface area contributed by atoms with E-state index in [2.05, 4.69) is 0 Å². The molecule has 0 fully saturated rings. The van der Waals surface area contributed by atoms with Crippen molar-refractivity contribution >= 4 is 17.4 Å². The van der Waals surface area contributed by atoms with Crippen molar-refractivity contribution in [3.63, 3.8) is 0 Å². The molecule has 1 unspecified atom stereocenters. The molecule has 1 rings (SSSR count). The number of nitrogens with zero attached hydrogens (tertiary/aromatic N) is 1. The first-order valence-corrected chi connectivity index (χ1v) is 6.18. The second-order valence-electron chi connectivity index (χ2n) is 4.87. The minimum Gasteiger partial charge on any atom is -0.389 e. The standard InChI is InChI=1S/C12H17NO3S/c1-8(14)9-5-6-11(17-12(2,3)4)10(7-9)13(15)16/h5-8,14H,1-4H3. The van der Waals surface area contributed by atoms with Crippen LogP contribution in [0.4, 0.5) is 5.69 Å². The number of nitro benzene ring substituents is 1. The van der Waals surface area contributed by atoms with E-state index in [0.29, 0.717) is 10.5 Å². The average molecular weight is 255 g/mol. The molecule has 0 spiro atoms. The summed E-state index contributed by atoms with van der Waals surface area (Å²) in [6, 6.07) is 4.88. The quantitative estimate of drug-likeness (QED) is 0.509. The Morgan fingerprint density at radius 1 is 1.41 bits per heavy atom. The van der Waals surface area contributed by atoms with Crippen LogP contribution in [0.1, 0.15) is 39.4 Å². The fourth-order valence-corrected chi connectivity index (χ4v) is 2.39. The van der Waals surface area contributed by atoms with Crippen molar-refractivity contribution in [3.05, 3.63) is 33.9 Å². The third kappa shape index (κ3) is 4.02. The number of nitro groups is 1. The zero-order valence-corrected chi connectivity index (χ0v) is 11.2. The molecule has 0 aliphatic carbocycles. The van der Waals surface area contributed by atoms with E-state index in [1.165, 1.54) is 17.8 Å². The van der Waals surface area contributed by atoms with Gasteiger partial charge in [-0.3, -0.25) is 10.1 Å². The summed E-state index contributed by atoms with van der Waals surface area (Å²) < 4.78 is -0.0862. The first kappa shape index (κ1) is 14.0. The number of hydrogen-bond donors (Lipinski definition) is 1. The molecular formula is C12H17NO3S. The third-order valence-electron chi connectivity index (χ3n) is 2.08. The summed E-state index contributed by atoms with van der Waals surface area (Å²) in [6.07, 6.45) is -0.692. The lowest BCUT2D eigenvalue weighted by molar-refractivity contribution is -0.387. The average Bonchev–Trinajstić information content (AvgIpc) is 2.14. The van der Waals surface area contributed by atoms with Crippen LogP contribution < -0.4 is 0 Å². The molecule has 0 aromatic heterocycles. The highest BCUT2D eigenvalue weighted by atomic mass is 32.2. The molecule has 0 saturated carbocycles. The van der Waals surface area contributed by atoms with Gasteiger partial charge in [0.25, 0.3) is 5.69 Å². The Kier molecular flexibility index (Phi) is 4.16. The molecule has 0 saturated heterocycles. The van der Waals surface area contributed by atoms with Crippen LogP contribution in [0.2, 0.25) is 0 Å². The maximum atomic E-state index is 11.0. The molecule has 1 atom stereocenters. The van der Waals surface area contributed by atoms with Crippen molar-refractivity contribution in [3.8, 4) is 0 Å². The zero-order valence-electron chi connectivity index (χ0n) is 10.4. The second-order valence-corrected chi connectivity index (χ2v) is 6.74. The van der Waals surface area contributed by atoms with Gasteiger partial charge >= 0.3 is 0 Å². The lowest BCUT2D eigenvalue weighted by atomic mass is 10.1. The molecule has 0 bridgehead atoms. The SMILES string of the molecule is CC(O)c1ccc(SC(C)(C)C)c([N+](=O)[O-])c1. The lowest BCUT2D eigenvalue weighted by Gasteiger charge is -2.17. The maximum absolute atomic E-state index is 11.0. The summed E-state index contributed by atoms with van der Waals surface area (Å²) in [7, 11) is 0. The van der Waals surface area contributed by atoms with Gasteiger partial charge < -0.3 is 5.11 Å². The predicted molar refractivity (Wildman–Crippen MR) is 69.3 cm³/mol. The Balaban J connectivity index is 3.18. The van der Waals surface area contributed by atoms with Crippen molar-refractivity contribution in [2.75, 3.05) is 0 Å². The number of hydrogen-bond acceptors (Lipinski definition) is 4. The van der Waals surface area contributed by atoms with Crippen molar-refractivity contribution in [2.24, 2.45) is 0 Å². The topological polar surface area (TPSA) is 63.4 Å². The maximum Gasteiger partial charge on any atom is 0.283 e. The molecule has 1 N–H and O–H groups in total. The van der Waals surface area contributed by atoms with Crippen LogP contribution in [0, 0.1) is 10.1 Å². The number of benzene rings is 1. The van der Waals surface area contributed by atoms with E-state index >= 15 is 0 Å². The Hall–Kier alpha value is -1.07. The summed E-state index contributed by atoms with van der Waals surface area (Å²) in [5.41, 5.74) is 0.623. The summed E-state index contributed by atoms with van der Waals surface area (Å²) in [5, 5.41) is 20.4. The van der Waals surface area contributed by atoms with E-state index in [0.717, 1.165) is 0 Å². The number of aliphatic hydroxyl groups excluding tert-OH is 1. The molecule has 0 aliphatic heterocycles. The van der Waals surface area contributed by atoms with E-state index in [1.807, 2.05) is 20.8 Å². The van der Waals surface area contributed by atoms with Crippen LogP contribution >= 0.6 is 11.8 Å². The molecule has 94 valence electrons. The molecule has 4 nitrogen and oxygen atoms in total. The number of aliphatic hydroxyl groups is 1. The van der Waals surface area contributed by atoms with Crippen LogP contribution in [-0.4, -0.2) is 14.8 Å². The Morgan fingerprint density at radius 2 is 2.00 bits per heavy atom. The Morgan fingerprint density at radius 3 is 2.41 bits per heavy atom. The highest BCUT2D eigenvalue weighted by Gasteiger charge is 2.21. The molecule has 0 aliphatic rings. The van der Waals surface area contributed by atoms with Gasteiger partial charge in [0.2, 0.25) is 0 Å². The van der Waals surface area contributed by atoms with Gasteiger partial charge in [0, 0.05) is 10.8 Å². The third-order valence-corrected chi connectivity index (χ3v) is 3.26.